The molecular formula is C13H20N2O2S. The van der Waals surface area contributed by atoms with E-state index in [1.165, 1.54) is 0 Å². The monoisotopic (exact) mass is 268 g/mol. The number of nitrogen functional groups attached to an aromatic ring is 1. The number of rotatable bonds is 4. The van der Waals surface area contributed by atoms with E-state index in [1.54, 1.807) is 0 Å². The van der Waals surface area contributed by atoms with E-state index >= 15 is 0 Å². The number of hydrogen-bond acceptors (Lipinski definition) is 4. The van der Waals surface area contributed by atoms with Crippen molar-refractivity contribution in [1.82, 2.24) is 4.90 Å². The second-order valence-electron chi connectivity index (χ2n) is 4.47. The Kier molecular flexibility index (Phi) is 4.74. The van der Waals surface area contributed by atoms with Crippen LogP contribution in [0.15, 0.2) is 23.1 Å². The smallest absolute Gasteiger partial charge is 0.0594 e. The Morgan fingerprint density at radius 1 is 1.39 bits per heavy atom. The fourth-order valence-corrected chi connectivity index (χ4v) is 3.36. The third-order valence-corrected chi connectivity index (χ3v) is 4.75. The molecule has 100 valence electrons. The van der Waals surface area contributed by atoms with Crippen molar-refractivity contribution >= 4 is 16.5 Å². The van der Waals surface area contributed by atoms with Crippen LogP contribution in [0.5, 0.6) is 0 Å². The molecule has 0 saturated carbocycles. The lowest BCUT2D eigenvalue weighted by atomic mass is 10.2. The Bertz CT molecular complexity index is 431. The van der Waals surface area contributed by atoms with Crippen LogP contribution in [0.3, 0.4) is 0 Å². The number of anilines is 1. The molecule has 0 aliphatic carbocycles. The Hall–Kier alpha value is -0.910. The highest BCUT2D eigenvalue weighted by molar-refractivity contribution is 7.85. The molecule has 1 atom stereocenters. The van der Waals surface area contributed by atoms with Gasteiger partial charge in [-0.05, 0) is 24.6 Å². The Morgan fingerprint density at radius 2 is 2.11 bits per heavy atom. The van der Waals surface area contributed by atoms with E-state index in [2.05, 4.69) is 4.90 Å². The largest absolute Gasteiger partial charge is 0.398 e. The second kappa shape index (κ2) is 6.31. The average molecular weight is 268 g/mol. The van der Waals surface area contributed by atoms with Gasteiger partial charge in [0, 0.05) is 36.0 Å². The van der Waals surface area contributed by atoms with Gasteiger partial charge in [0.25, 0.3) is 0 Å². The van der Waals surface area contributed by atoms with Crippen LogP contribution in [0.2, 0.25) is 0 Å². The van der Waals surface area contributed by atoms with Gasteiger partial charge < -0.3 is 10.5 Å². The molecular weight excluding hydrogens is 248 g/mol. The van der Waals surface area contributed by atoms with Crippen LogP contribution in [0.1, 0.15) is 5.56 Å². The molecule has 1 unspecified atom stereocenters. The number of ether oxygens (including phenoxy) is 1. The lowest BCUT2D eigenvalue weighted by molar-refractivity contribution is 0.0409. The number of benzene rings is 1. The zero-order chi connectivity index (χ0) is 13.0. The van der Waals surface area contributed by atoms with E-state index in [4.69, 9.17) is 10.5 Å². The molecule has 1 aliphatic heterocycles. The Morgan fingerprint density at radius 3 is 2.83 bits per heavy atom. The van der Waals surface area contributed by atoms with Crippen molar-refractivity contribution in [2.24, 2.45) is 0 Å². The van der Waals surface area contributed by atoms with Crippen molar-refractivity contribution in [3.8, 4) is 0 Å². The van der Waals surface area contributed by atoms with E-state index in [0.29, 0.717) is 11.4 Å². The second-order valence-corrected chi connectivity index (χ2v) is 6.01. The normalized spacial score (nSPS) is 18.7. The van der Waals surface area contributed by atoms with Crippen LogP contribution < -0.4 is 5.73 Å². The number of hydrogen-bond donors (Lipinski definition) is 1. The fraction of sp³-hybridized carbons (Fsp3) is 0.538. The van der Waals surface area contributed by atoms with Crippen LogP contribution in [0, 0.1) is 6.92 Å². The molecule has 1 saturated heterocycles. The molecule has 2 rings (SSSR count). The molecule has 4 nitrogen and oxygen atoms in total. The maximum atomic E-state index is 12.3. The molecule has 1 fully saturated rings. The minimum Gasteiger partial charge on any atom is -0.398 e. The highest BCUT2D eigenvalue weighted by atomic mass is 32.2. The van der Waals surface area contributed by atoms with Crippen molar-refractivity contribution < 1.29 is 8.95 Å². The van der Waals surface area contributed by atoms with Gasteiger partial charge in [-0.25, -0.2) is 0 Å². The topological polar surface area (TPSA) is 55.6 Å². The number of nitrogens with zero attached hydrogens (tertiary/aromatic N) is 1. The molecule has 18 heavy (non-hydrogen) atoms. The lowest BCUT2D eigenvalue weighted by Crippen LogP contribution is -2.38. The molecule has 0 bridgehead atoms. The number of nitrogens with two attached hydrogens (primary N) is 1. The van der Waals surface area contributed by atoms with Gasteiger partial charge in [-0.3, -0.25) is 9.11 Å². The molecule has 0 radical (unpaired) electrons. The summed E-state index contributed by atoms with van der Waals surface area (Å²) in [4.78, 5) is 3.16. The van der Waals surface area contributed by atoms with E-state index in [-0.39, 0.29) is 0 Å². The molecule has 2 N–H and O–H groups in total. The summed E-state index contributed by atoms with van der Waals surface area (Å²) >= 11 is 0. The highest BCUT2D eigenvalue weighted by Gasteiger charge is 2.13. The summed E-state index contributed by atoms with van der Waals surface area (Å²) in [5.41, 5.74) is 7.49. The molecule has 1 aromatic carbocycles. The molecule has 0 amide bonds. The first-order valence-corrected chi connectivity index (χ1v) is 7.54. The highest BCUT2D eigenvalue weighted by Crippen LogP contribution is 2.19. The predicted octanol–water partition coefficient (Wildman–Crippen LogP) is 1.02. The van der Waals surface area contributed by atoms with Crippen LogP contribution in [-0.4, -0.2) is 47.7 Å². The van der Waals surface area contributed by atoms with Gasteiger partial charge in [-0.15, -0.1) is 0 Å². The van der Waals surface area contributed by atoms with Crippen molar-refractivity contribution in [2.75, 3.05) is 44.3 Å². The minimum atomic E-state index is -0.969. The Labute approximate surface area is 111 Å². The third-order valence-electron chi connectivity index (χ3n) is 3.27. The molecule has 1 aromatic rings. The van der Waals surface area contributed by atoms with Crippen LogP contribution in [-0.2, 0) is 15.5 Å². The van der Waals surface area contributed by atoms with Crippen LogP contribution in [0.25, 0.3) is 0 Å². The van der Waals surface area contributed by atoms with Crippen LogP contribution in [0.4, 0.5) is 5.69 Å². The van der Waals surface area contributed by atoms with Gasteiger partial charge in [0.05, 0.1) is 24.0 Å². The first-order chi connectivity index (χ1) is 8.68. The molecule has 0 aromatic heterocycles. The quantitative estimate of drug-likeness (QED) is 0.828. The summed E-state index contributed by atoms with van der Waals surface area (Å²) in [6.07, 6.45) is 0. The maximum Gasteiger partial charge on any atom is 0.0594 e. The van der Waals surface area contributed by atoms with E-state index in [9.17, 15) is 4.21 Å². The summed E-state index contributed by atoms with van der Waals surface area (Å²) in [7, 11) is -0.969. The molecule has 1 aliphatic rings. The first kappa shape index (κ1) is 13.5. The van der Waals surface area contributed by atoms with Crippen molar-refractivity contribution in [3.05, 3.63) is 23.8 Å². The predicted molar refractivity (Wildman–Crippen MR) is 74.1 cm³/mol. The molecule has 5 heteroatoms. The summed E-state index contributed by atoms with van der Waals surface area (Å²) in [5.74, 6) is 0.657. The van der Waals surface area contributed by atoms with Crippen molar-refractivity contribution in [1.29, 1.82) is 0 Å². The first-order valence-electron chi connectivity index (χ1n) is 6.22. The summed E-state index contributed by atoms with van der Waals surface area (Å²) in [6.45, 7) is 6.22. The van der Waals surface area contributed by atoms with Crippen molar-refractivity contribution in [3.63, 3.8) is 0 Å². The van der Waals surface area contributed by atoms with Gasteiger partial charge >= 0.3 is 0 Å². The van der Waals surface area contributed by atoms with Gasteiger partial charge in [0.1, 0.15) is 0 Å². The number of morpholine rings is 1. The Balaban J connectivity index is 1.93. The zero-order valence-corrected chi connectivity index (χ0v) is 11.5. The maximum absolute atomic E-state index is 12.3. The van der Waals surface area contributed by atoms with Crippen molar-refractivity contribution in [2.45, 2.75) is 11.8 Å². The summed E-state index contributed by atoms with van der Waals surface area (Å²) < 4.78 is 17.5. The molecule has 0 spiro atoms. The lowest BCUT2D eigenvalue weighted by Gasteiger charge is -2.26. The van der Waals surface area contributed by atoms with Crippen LogP contribution >= 0.6 is 0 Å². The van der Waals surface area contributed by atoms with Gasteiger partial charge in [0.2, 0.25) is 0 Å². The minimum absolute atomic E-state index is 0.657. The summed E-state index contributed by atoms with van der Waals surface area (Å²) in [6, 6.07) is 5.61. The SMILES string of the molecule is Cc1c(N)cccc1S(=O)CCN1CCOCC1. The van der Waals surface area contributed by atoms with E-state index < -0.39 is 10.8 Å². The standard InChI is InChI=1S/C13H20N2O2S/c1-11-12(14)3-2-4-13(11)18(16)10-7-15-5-8-17-9-6-15/h2-4H,5-10,14H2,1H3. The molecule has 1 heterocycles. The van der Waals surface area contributed by atoms with Gasteiger partial charge in [-0.1, -0.05) is 6.07 Å². The van der Waals surface area contributed by atoms with E-state index in [0.717, 1.165) is 43.3 Å². The third kappa shape index (κ3) is 3.31. The van der Waals surface area contributed by atoms with Gasteiger partial charge in [0.15, 0.2) is 0 Å². The summed E-state index contributed by atoms with van der Waals surface area (Å²) in [5, 5.41) is 0. The van der Waals surface area contributed by atoms with E-state index in [1.807, 2.05) is 25.1 Å². The zero-order valence-electron chi connectivity index (χ0n) is 10.7. The van der Waals surface area contributed by atoms with Gasteiger partial charge in [-0.2, -0.15) is 0 Å². The fourth-order valence-electron chi connectivity index (χ4n) is 2.02. The average Bonchev–Trinajstić information content (AvgIpc) is 2.40.